The normalized spacial score (nSPS) is 11.7. The summed E-state index contributed by atoms with van der Waals surface area (Å²) in [6, 6.07) is 1.59. The Labute approximate surface area is 118 Å². The smallest absolute Gasteiger partial charge is 0.227 e. The molecule has 0 aliphatic rings. The van der Waals surface area contributed by atoms with Crippen molar-refractivity contribution < 1.29 is 8.42 Å². The van der Waals surface area contributed by atoms with Gasteiger partial charge < -0.3 is 0 Å². The van der Waals surface area contributed by atoms with Crippen molar-refractivity contribution in [2.24, 2.45) is 0 Å². The SMILES string of the molecule is CCCCCCS(=O)(=O)c1nccc(-n2ccnn2)n1. The molecule has 0 spiro atoms. The molecule has 0 saturated carbocycles. The minimum atomic E-state index is -3.44. The molecule has 8 heteroatoms. The van der Waals surface area contributed by atoms with Crippen LogP contribution in [0.1, 0.15) is 32.6 Å². The molecule has 108 valence electrons. The molecule has 0 unspecified atom stereocenters. The summed E-state index contributed by atoms with van der Waals surface area (Å²) in [5.41, 5.74) is 0. The molecule has 0 aliphatic heterocycles. The lowest BCUT2D eigenvalue weighted by Crippen LogP contribution is -2.13. The summed E-state index contributed by atoms with van der Waals surface area (Å²) in [5, 5.41) is 7.29. The molecule has 0 N–H and O–H groups in total. The number of hydrogen-bond acceptors (Lipinski definition) is 6. The molecule has 2 aromatic heterocycles. The fourth-order valence-electron chi connectivity index (χ4n) is 1.75. The lowest BCUT2D eigenvalue weighted by molar-refractivity contribution is 0.579. The topological polar surface area (TPSA) is 90.6 Å². The number of rotatable bonds is 7. The zero-order valence-electron chi connectivity index (χ0n) is 11.3. The monoisotopic (exact) mass is 295 g/mol. The first kappa shape index (κ1) is 14.6. The summed E-state index contributed by atoms with van der Waals surface area (Å²) in [4.78, 5) is 7.91. The van der Waals surface area contributed by atoms with E-state index < -0.39 is 9.84 Å². The van der Waals surface area contributed by atoms with E-state index in [1.54, 1.807) is 12.3 Å². The summed E-state index contributed by atoms with van der Waals surface area (Å²) in [7, 11) is -3.44. The Bertz CT molecular complexity index is 640. The van der Waals surface area contributed by atoms with Crippen molar-refractivity contribution in [3.63, 3.8) is 0 Å². The van der Waals surface area contributed by atoms with E-state index >= 15 is 0 Å². The highest BCUT2D eigenvalue weighted by Gasteiger charge is 2.18. The molecule has 20 heavy (non-hydrogen) atoms. The van der Waals surface area contributed by atoms with Crippen LogP contribution in [0.3, 0.4) is 0 Å². The maximum Gasteiger partial charge on any atom is 0.249 e. The van der Waals surface area contributed by atoms with E-state index in [-0.39, 0.29) is 10.9 Å². The Balaban J connectivity index is 2.14. The standard InChI is InChI=1S/C12H17N5O2S/c1-2-3-4-5-10-20(18,19)12-13-7-6-11(15-12)17-9-8-14-16-17/h6-9H,2-5,10H2,1H3. The fourth-order valence-corrected chi connectivity index (χ4v) is 2.97. The van der Waals surface area contributed by atoms with E-state index in [0.717, 1.165) is 19.3 Å². The lowest BCUT2D eigenvalue weighted by atomic mass is 10.2. The minimum absolute atomic E-state index is 0.0772. The molecule has 0 aromatic carbocycles. The first-order valence-electron chi connectivity index (χ1n) is 6.56. The fraction of sp³-hybridized carbons (Fsp3) is 0.500. The van der Waals surface area contributed by atoms with Gasteiger partial charge in [-0.15, -0.1) is 5.10 Å². The molecule has 0 fully saturated rings. The van der Waals surface area contributed by atoms with E-state index in [0.29, 0.717) is 12.2 Å². The van der Waals surface area contributed by atoms with E-state index in [9.17, 15) is 8.42 Å². The van der Waals surface area contributed by atoms with Gasteiger partial charge in [0, 0.05) is 12.3 Å². The predicted molar refractivity (Wildman–Crippen MR) is 73.1 cm³/mol. The van der Waals surface area contributed by atoms with Crippen molar-refractivity contribution in [2.75, 3.05) is 5.75 Å². The molecule has 0 amide bonds. The van der Waals surface area contributed by atoms with Crippen molar-refractivity contribution >= 4 is 9.84 Å². The molecule has 0 aliphatic carbocycles. The van der Waals surface area contributed by atoms with Crippen molar-refractivity contribution in [2.45, 2.75) is 37.8 Å². The molecule has 0 bridgehead atoms. The van der Waals surface area contributed by atoms with Crippen LogP contribution in [0.2, 0.25) is 0 Å². The number of hydrogen-bond donors (Lipinski definition) is 0. The van der Waals surface area contributed by atoms with Gasteiger partial charge in [0.05, 0.1) is 18.1 Å². The van der Waals surface area contributed by atoms with Crippen molar-refractivity contribution in [1.82, 2.24) is 25.0 Å². The van der Waals surface area contributed by atoms with E-state index in [1.165, 1.54) is 17.1 Å². The lowest BCUT2D eigenvalue weighted by Gasteiger charge is -2.04. The van der Waals surface area contributed by atoms with Gasteiger partial charge in [-0.05, 0) is 6.42 Å². The number of aromatic nitrogens is 5. The summed E-state index contributed by atoms with van der Waals surface area (Å²) in [5.74, 6) is 0.470. The van der Waals surface area contributed by atoms with Crippen LogP contribution in [0.4, 0.5) is 0 Å². The third kappa shape index (κ3) is 3.60. The van der Waals surface area contributed by atoms with Gasteiger partial charge in [0.15, 0.2) is 5.82 Å². The predicted octanol–water partition coefficient (Wildman–Crippen LogP) is 1.41. The zero-order valence-corrected chi connectivity index (χ0v) is 12.1. The second-order valence-corrected chi connectivity index (χ2v) is 6.43. The third-order valence-electron chi connectivity index (χ3n) is 2.82. The van der Waals surface area contributed by atoms with Gasteiger partial charge in [-0.1, -0.05) is 31.4 Å². The van der Waals surface area contributed by atoms with Gasteiger partial charge in [-0.2, -0.15) is 4.98 Å². The van der Waals surface area contributed by atoms with Gasteiger partial charge in [-0.3, -0.25) is 0 Å². The first-order chi connectivity index (χ1) is 9.63. The third-order valence-corrected chi connectivity index (χ3v) is 4.40. The molecule has 2 heterocycles. The van der Waals surface area contributed by atoms with Gasteiger partial charge in [0.2, 0.25) is 15.0 Å². The van der Waals surface area contributed by atoms with Crippen LogP contribution >= 0.6 is 0 Å². The minimum Gasteiger partial charge on any atom is -0.227 e. The maximum atomic E-state index is 12.1. The van der Waals surface area contributed by atoms with Crippen LogP contribution in [-0.4, -0.2) is 39.1 Å². The van der Waals surface area contributed by atoms with Gasteiger partial charge in [0.25, 0.3) is 0 Å². The zero-order chi connectivity index (χ0) is 14.4. The molecule has 7 nitrogen and oxygen atoms in total. The average Bonchev–Trinajstić information content (AvgIpc) is 2.98. The number of sulfone groups is 1. The molecule has 2 aromatic rings. The van der Waals surface area contributed by atoms with E-state index in [1.807, 2.05) is 0 Å². The Kier molecular flexibility index (Phi) is 4.78. The number of unbranched alkanes of at least 4 members (excludes halogenated alkanes) is 3. The van der Waals surface area contributed by atoms with Gasteiger partial charge in [0.1, 0.15) is 0 Å². The van der Waals surface area contributed by atoms with E-state index in [2.05, 4.69) is 27.2 Å². The molecule has 2 rings (SSSR count). The van der Waals surface area contributed by atoms with Crippen LogP contribution in [0.25, 0.3) is 5.82 Å². The van der Waals surface area contributed by atoms with Gasteiger partial charge in [-0.25, -0.2) is 18.1 Å². The van der Waals surface area contributed by atoms with Gasteiger partial charge >= 0.3 is 0 Å². The Morgan fingerprint density at radius 2 is 2.05 bits per heavy atom. The highest BCUT2D eigenvalue weighted by Crippen LogP contribution is 2.11. The van der Waals surface area contributed by atoms with Crippen molar-refractivity contribution in [1.29, 1.82) is 0 Å². The molecular weight excluding hydrogens is 278 g/mol. The highest BCUT2D eigenvalue weighted by molar-refractivity contribution is 7.91. The van der Waals surface area contributed by atoms with Crippen LogP contribution in [0.15, 0.2) is 29.8 Å². The molecular formula is C12H17N5O2S. The Morgan fingerprint density at radius 3 is 2.75 bits per heavy atom. The van der Waals surface area contributed by atoms with Crippen molar-refractivity contribution in [3.05, 3.63) is 24.7 Å². The van der Waals surface area contributed by atoms with Crippen LogP contribution < -0.4 is 0 Å². The number of nitrogens with zero attached hydrogens (tertiary/aromatic N) is 5. The molecule has 0 saturated heterocycles. The average molecular weight is 295 g/mol. The van der Waals surface area contributed by atoms with Crippen LogP contribution in [0.5, 0.6) is 0 Å². The second kappa shape index (κ2) is 6.56. The largest absolute Gasteiger partial charge is 0.249 e. The summed E-state index contributed by atoms with van der Waals surface area (Å²) in [6.45, 7) is 2.08. The van der Waals surface area contributed by atoms with E-state index in [4.69, 9.17) is 0 Å². The van der Waals surface area contributed by atoms with Crippen LogP contribution in [-0.2, 0) is 9.84 Å². The second-order valence-electron chi connectivity index (χ2n) is 4.42. The molecule has 0 atom stereocenters. The summed E-state index contributed by atoms with van der Waals surface area (Å²) >= 11 is 0. The highest BCUT2D eigenvalue weighted by atomic mass is 32.2. The Morgan fingerprint density at radius 1 is 1.20 bits per heavy atom. The summed E-state index contributed by atoms with van der Waals surface area (Å²) in [6.07, 6.45) is 8.16. The molecule has 0 radical (unpaired) electrons. The van der Waals surface area contributed by atoms with Crippen LogP contribution in [0, 0.1) is 0 Å². The van der Waals surface area contributed by atoms with Crippen molar-refractivity contribution in [3.8, 4) is 5.82 Å². The first-order valence-corrected chi connectivity index (χ1v) is 8.21. The quantitative estimate of drug-likeness (QED) is 0.566. The summed E-state index contributed by atoms with van der Waals surface area (Å²) < 4.78 is 25.7. The maximum absolute atomic E-state index is 12.1. The Hall–Kier alpha value is -1.83.